The number of halogens is 1. The second-order valence-corrected chi connectivity index (χ2v) is 4.95. The first kappa shape index (κ1) is 11.7. The topological polar surface area (TPSA) is 39.2 Å². The largest absolute Gasteiger partial charge is 0.469 e. The van der Waals surface area contributed by atoms with E-state index in [-0.39, 0.29) is 6.04 Å². The number of aryl methyl sites for hydroxylation is 1. The lowest BCUT2D eigenvalue weighted by Gasteiger charge is -2.14. The Hall–Kier alpha value is -0.810. The molecule has 0 bridgehead atoms. The molecule has 1 aromatic heterocycles. The number of benzene rings is 1. The second kappa shape index (κ2) is 5.01. The Morgan fingerprint density at radius 2 is 2.12 bits per heavy atom. The highest BCUT2D eigenvalue weighted by atomic mass is 127. The van der Waals surface area contributed by atoms with Gasteiger partial charge in [0.25, 0.3) is 0 Å². The zero-order valence-corrected chi connectivity index (χ0v) is 11.3. The van der Waals surface area contributed by atoms with E-state index in [9.17, 15) is 0 Å². The Balaban J connectivity index is 2.21. The van der Waals surface area contributed by atoms with Gasteiger partial charge in [0.05, 0.1) is 6.26 Å². The first-order valence-corrected chi connectivity index (χ1v) is 6.29. The van der Waals surface area contributed by atoms with Crippen LogP contribution >= 0.6 is 22.6 Å². The van der Waals surface area contributed by atoms with Crippen LogP contribution in [0, 0.1) is 10.5 Å². The van der Waals surface area contributed by atoms with Crippen molar-refractivity contribution < 1.29 is 4.42 Å². The molecule has 1 atom stereocenters. The van der Waals surface area contributed by atoms with E-state index in [0.29, 0.717) is 0 Å². The molecule has 0 saturated carbocycles. The van der Waals surface area contributed by atoms with Crippen molar-refractivity contribution in [2.24, 2.45) is 5.73 Å². The minimum Gasteiger partial charge on any atom is -0.469 e. The summed E-state index contributed by atoms with van der Waals surface area (Å²) in [6, 6.07) is 10.1. The lowest BCUT2D eigenvalue weighted by atomic mass is 10.0. The van der Waals surface area contributed by atoms with Gasteiger partial charge in [-0.2, -0.15) is 0 Å². The maximum absolute atomic E-state index is 6.19. The molecule has 3 heteroatoms. The molecule has 84 valence electrons. The zero-order chi connectivity index (χ0) is 11.5. The molecule has 2 rings (SSSR count). The van der Waals surface area contributed by atoms with E-state index in [1.54, 1.807) is 6.26 Å². The fourth-order valence-electron chi connectivity index (χ4n) is 1.71. The number of rotatable bonds is 3. The van der Waals surface area contributed by atoms with Crippen LogP contribution < -0.4 is 5.73 Å². The van der Waals surface area contributed by atoms with Crippen molar-refractivity contribution in [1.29, 1.82) is 0 Å². The molecule has 0 spiro atoms. The van der Waals surface area contributed by atoms with E-state index in [0.717, 1.165) is 12.2 Å². The third-order valence-corrected chi connectivity index (χ3v) is 4.10. The normalized spacial score (nSPS) is 12.7. The lowest BCUT2D eigenvalue weighted by molar-refractivity contribution is 0.488. The molecule has 1 unspecified atom stereocenters. The maximum atomic E-state index is 6.19. The smallest absolute Gasteiger partial charge is 0.105 e. The van der Waals surface area contributed by atoms with Crippen LogP contribution in [0.1, 0.15) is 22.9 Å². The van der Waals surface area contributed by atoms with Crippen LogP contribution in [0.15, 0.2) is 41.0 Å². The molecule has 0 aliphatic rings. The average molecular weight is 327 g/mol. The number of hydrogen-bond donors (Lipinski definition) is 1. The second-order valence-electron chi connectivity index (χ2n) is 3.87. The summed E-state index contributed by atoms with van der Waals surface area (Å²) in [5.74, 6) is 0.935. The van der Waals surface area contributed by atoms with Gasteiger partial charge in [-0.1, -0.05) is 18.2 Å². The van der Waals surface area contributed by atoms with Gasteiger partial charge in [0.15, 0.2) is 0 Å². The molecule has 0 radical (unpaired) electrons. The Bertz CT molecular complexity index is 465. The van der Waals surface area contributed by atoms with Gasteiger partial charge < -0.3 is 10.2 Å². The van der Waals surface area contributed by atoms with Crippen molar-refractivity contribution in [1.82, 2.24) is 0 Å². The molecule has 0 amide bonds. The summed E-state index contributed by atoms with van der Waals surface area (Å²) in [4.78, 5) is 0. The summed E-state index contributed by atoms with van der Waals surface area (Å²) >= 11 is 2.35. The molecule has 0 aliphatic heterocycles. The fraction of sp³-hybridized carbons (Fsp3) is 0.231. The average Bonchev–Trinajstić information content (AvgIpc) is 2.74. The van der Waals surface area contributed by atoms with Crippen LogP contribution in [0.2, 0.25) is 0 Å². The van der Waals surface area contributed by atoms with Gasteiger partial charge in [-0.3, -0.25) is 0 Å². The molecule has 1 heterocycles. The van der Waals surface area contributed by atoms with Crippen molar-refractivity contribution in [3.63, 3.8) is 0 Å². The van der Waals surface area contributed by atoms with Crippen LogP contribution in [0.4, 0.5) is 0 Å². The van der Waals surface area contributed by atoms with Gasteiger partial charge in [-0.05, 0) is 52.8 Å². The number of hydrogen-bond acceptors (Lipinski definition) is 2. The van der Waals surface area contributed by atoms with Crippen LogP contribution in [0.25, 0.3) is 0 Å². The maximum Gasteiger partial charge on any atom is 0.105 e. The molecule has 2 aromatic rings. The Kier molecular flexibility index (Phi) is 3.66. The molecule has 16 heavy (non-hydrogen) atoms. The highest BCUT2D eigenvalue weighted by Crippen LogP contribution is 2.24. The van der Waals surface area contributed by atoms with E-state index in [1.165, 1.54) is 14.7 Å². The van der Waals surface area contributed by atoms with Gasteiger partial charge >= 0.3 is 0 Å². The molecule has 1 aromatic carbocycles. The Morgan fingerprint density at radius 1 is 1.31 bits per heavy atom. The summed E-state index contributed by atoms with van der Waals surface area (Å²) in [5, 5.41) is 0. The number of furan rings is 1. The van der Waals surface area contributed by atoms with Crippen LogP contribution in [-0.2, 0) is 6.42 Å². The molecule has 2 N–H and O–H groups in total. The highest BCUT2D eigenvalue weighted by molar-refractivity contribution is 14.1. The summed E-state index contributed by atoms with van der Waals surface area (Å²) in [5.41, 5.74) is 8.65. The van der Waals surface area contributed by atoms with E-state index in [2.05, 4.69) is 47.7 Å². The summed E-state index contributed by atoms with van der Waals surface area (Å²) in [6.45, 7) is 2.10. The van der Waals surface area contributed by atoms with Gasteiger partial charge in [0.1, 0.15) is 5.76 Å². The van der Waals surface area contributed by atoms with Crippen LogP contribution in [0.3, 0.4) is 0 Å². The van der Waals surface area contributed by atoms with Gasteiger partial charge in [0.2, 0.25) is 0 Å². The number of nitrogens with two attached hydrogens (primary N) is 1. The van der Waals surface area contributed by atoms with E-state index in [1.807, 2.05) is 12.1 Å². The van der Waals surface area contributed by atoms with E-state index < -0.39 is 0 Å². The SMILES string of the molecule is Cc1cccc(C(N)Cc2ccco2)c1I. The van der Waals surface area contributed by atoms with Crippen LogP contribution in [-0.4, -0.2) is 0 Å². The van der Waals surface area contributed by atoms with E-state index in [4.69, 9.17) is 10.2 Å². The molecular weight excluding hydrogens is 313 g/mol. The van der Waals surface area contributed by atoms with Crippen molar-refractivity contribution in [2.45, 2.75) is 19.4 Å². The predicted octanol–water partition coefficient (Wildman–Crippen LogP) is 3.44. The predicted molar refractivity (Wildman–Crippen MR) is 73.2 cm³/mol. The molecule has 0 aliphatic carbocycles. The third kappa shape index (κ3) is 2.47. The zero-order valence-electron chi connectivity index (χ0n) is 9.11. The van der Waals surface area contributed by atoms with Crippen molar-refractivity contribution in [2.75, 3.05) is 0 Å². The standard InChI is InChI=1S/C13H14INO/c1-9-4-2-6-11(13(9)14)12(15)8-10-5-3-7-16-10/h2-7,12H,8,15H2,1H3. The highest BCUT2D eigenvalue weighted by Gasteiger charge is 2.12. The molecule has 0 saturated heterocycles. The first-order valence-electron chi connectivity index (χ1n) is 5.21. The molecule has 0 fully saturated rings. The fourth-order valence-corrected chi connectivity index (χ4v) is 2.47. The van der Waals surface area contributed by atoms with Gasteiger partial charge in [-0.25, -0.2) is 0 Å². The molecular formula is C13H14INO. The monoisotopic (exact) mass is 327 g/mol. The molecule has 2 nitrogen and oxygen atoms in total. The van der Waals surface area contributed by atoms with Crippen molar-refractivity contribution >= 4 is 22.6 Å². The summed E-state index contributed by atoms with van der Waals surface area (Å²) in [7, 11) is 0. The minimum atomic E-state index is -0.00190. The summed E-state index contributed by atoms with van der Waals surface area (Å²) < 4.78 is 6.56. The van der Waals surface area contributed by atoms with Crippen LogP contribution in [0.5, 0.6) is 0 Å². The Morgan fingerprint density at radius 3 is 2.81 bits per heavy atom. The van der Waals surface area contributed by atoms with E-state index >= 15 is 0 Å². The first-order chi connectivity index (χ1) is 7.68. The van der Waals surface area contributed by atoms with Gasteiger partial charge in [0, 0.05) is 16.0 Å². The lowest BCUT2D eigenvalue weighted by Crippen LogP contribution is -2.14. The summed E-state index contributed by atoms with van der Waals surface area (Å²) in [6.07, 6.45) is 2.43. The Labute approximate surface area is 109 Å². The minimum absolute atomic E-state index is 0.00190. The third-order valence-electron chi connectivity index (χ3n) is 2.62. The van der Waals surface area contributed by atoms with Gasteiger partial charge in [-0.15, -0.1) is 0 Å². The van der Waals surface area contributed by atoms with Crippen molar-refractivity contribution in [3.05, 3.63) is 57.1 Å². The van der Waals surface area contributed by atoms with Crippen molar-refractivity contribution in [3.8, 4) is 0 Å². The quantitative estimate of drug-likeness (QED) is 0.877.